The van der Waals surface area contributed by atoms with Crippen molar-refractivity contribution >= 4 is 0 Å². The molecule has 5 aliphatic rings. The summed E-state index contributed by atoms with van der Waals surface area (Å²) in [7, 11) is 0. The van der Waals surface area contributed by atoms with Crippen molar-refractivity contribution in [1.82, 2.24) is 0 Å². The molecule has 4 saturated carbocycles. The SMILES string of the molecule is C(#CC1=C(C#C[C]2[CH][CH][CH][CH]2)C(C#C[C]2[CH][CH][CH][CH]2)=C1C#C[C]1[CH][CH][CH][CH]1)[C]1[CH][CH][CH][CH]1. The highest BCUT2D eigenvalue weighted by atomic mass is 14.3. The second-order valence-electron chi connectivity index (χ2n) is 7.19. The molecular formula is C32H16. The summed E-state index contributed by atoms with van der Waals surface area (Å²) in [5.41, 5.74) is 3.43. The summed E-state index contributed by atoms with van der Waals surface area (Å²) >= 11 is 0. The molecule has 0 aromatic rings. The average Bonchev–Trinajstić information content (AvgIpc) is 3.61. The van der Waals surface area contributed by atoms with Gasteiger partial charge in [-0.3, -0.25) is 0 Å². The lowest BCUT2D eigenvalue weighted by atomic mass is 9.80. The Kier molecular flexibility index (Phi) is 7.11. The Labute approximate surface area is 196 Å². The van der Waals surface area contributed by atoms with Gasteiger partial charge in [0.15, 0.2) is 0 Å². The first-order valence-corrected chi connectivity index (χ1v) is 10.3. The molecule has 0 aliphatic heterocycles. The number of allylic oxidation sites excluding steroid dienone is 4. The van der Waals surface area contributed by atoms with Crippen molar-refractivity contribution in [3.8, 4) is 47.4 Å². The molecule has 144 valence electrons. The Morgan fingerprint density at radius 2 is 0.438 bits per heavy atom. The second kappa shape index (κ2) is 10.6. The quantitative estimate of drug-likeness (QED) is 0.534. The van der Waals surface area contributed by atoms with Crippen molar-refractivity contribution in [2.45, 2.75) is 0 Å². The van der Waals surface area contributed by atoms with Gasteiger partial charge in [-0.05, 0) is 103 Å². The van der Waals surface area contributed by atoms with Gasteiger partial charge >= 0.3 is 0 Å². The van der Waals surface area contributed by atoms with Crippen molar-refractivity contribution in [3.63, 3.8) is 0 Å². The van der Waals surface area contributed by atoms with E-state index < -0.39 is 0 Å². The highest BCUT2D eigenvalue weighted by Crippen LogP contribution is 2.36. The maximum absolute atomic E-state index is 3.30. The molecule has 0 spiro atoms. The molecule has 0 saturated heterocycles. The number of hydrogen-bond acceptors (Lipinski definition) is 0. The van der Waals surface area contributed by atoms with Crippen molar-refractivity contribution in [1.29, 1.82) is 0 Å². The molecule has 0 amide bonds. The van der Waals surface area contributed by atoms with Gasteiger partial charge < -0.3 is 0 Å². The third-order valence-electron chi connectivity index (χ3n) is 4.98. The second-order valence-corrected chi connectivity index (χ2v) is 7.19. The normalized spacial score (nSPS) is 24.2. The molecule has 0 aromatic heterocycles. The molecule has 5 rings (SSSR count). The standard InChI is InChI=1S/C32H16/c1-2-10-25(9-1)17-21-29-30(22-18-26-11-3-4-12-26)32(24-20-28-15-7-8-16-28)31(29)23-19-27-13-5-6-14-27/h1-16H. The average molecular weight is 400 g/mol. The summed E-state index contributed by atoms with van der Waals surface area (Å²) in [5.74, 6) is 30.1. The third-order valence-corrected chi connectivity index (χ3v) is 4.98. The van der Waals surface area contributed by atoms with Crippen molar-refractivity contribution in [3.05, 3.63) is 149 Å². The first-order valence-electron chi connectivity index (χ1n) is 10.3. The Bertz CT molecular complexity index is 827. The highest BCUT2D eigenvalue weighted by Gasteiger charge is 2.27. The Hall–Kier alpha value is -2.28. The monoisotopic (exact) mass is 400 g/mol. The van der Waals surface area contributed by atoms with E-state index in [4.69, 9.17) is 0 Å². The van der Waals surface area contributed by atoms with Crippen LogP contribution in [0.3, 0.4) is 0 Å². The van der Waals surface area contributed by atoms with E-state index in [-0.39, 0.29) is 0 Å². The fourth-order valence-electron chi connectivity index (χ4n) is 3.31. The molecule has 20 radical (unpaired) electrons. The van der Waals surface area contributed by atoms with Gasteiger partial charge in [0.1, 0.15) is 0 Å². The van der Waals surface area contributed by atoms with Crippen LogP contribution in [0, 0.1) is 174 Å². The maximum Gasteiger partial charge on any atom is 0.0584 e. The molecular weight excluding hydrogens is 384 g/mol. The van der Waals surface area contributed by atoms with Gasteiger partial charge in [0.2, 0.25) is 0 Å². The van der Waals surface area contributed by atoms with E-state index in [1.165, 1.54) is 0 Å². The summed E-state index contributed by atoms with van der Waals surface area (Å²) in [6.07, 6.45) is 31.8. The van der Waals surface area contributed by atoms with E-state index in [1.807, 2.05) is 103 Å². The minimum Gasteiger partial charge on any atom is -0.0887 e. The largest absolute Gasteiger partial charge is 0.0887 e. The molecule has 0 heterocycles. The molecule has 0 N–H and O–H groups in total. The lowest BCUT2D eigenvalue weighted by Crippen LogP contribution is -2.10. The molecule has 0 nitrogen and oxygen atoms in total. The summed E-state index contributed by atoms with van der Waals surface area (Å²) < 4.78 is 0. The van der Waals surface area contributed by atoms with Crippen LogP contribution in [-0.2, 0) is 0 Å². The molecule has 4 fully saturated rings. The van der Waals surface area contributed by atoms with Crippen LogP contribution in [0.1, 0.15) is 0 Å². The zero-order valence-electron chi connectivity index (χ0n) is 17.2. The van der Waals surface area contributed by atoms with Crippen LogP contribution in [0.25, 0.3) is 0 Å². The van der Waals surface area contributed by atoms with Crippen molar-refractivity contribution < 1.29 is 0 Å². The van der Waals surface area contributed by atoms with Crippen molar-refractivity contribution in [2.24, 2.45) is 0 Å². The van der Waals surface area contributed by atoms with Gasteiger partial charge in [0.05, 0.1) is 46.0 Å². The van der Waals surface area contributed by atoms with Crippen LogP contribution in [-0.4, -0.2) is 0 Å². The zero-order chi connectivity index (χ0) is 21.6. The fourth-order valence-corrected chi connectivity index (χ4v) is 3.31. The Morgan fingerprint density at radius 1 is 0.250 bits per heavy atom. The summed E-state index contributed by atoms with van der Waals surface area (Å²) in [6.45, 7) is 0. The summed E-state index contributed by atoms with van der Waals surface area (Å²) in [6, 6.07) is 0. The van der Waals surface area contributed by atoms with Gasteiger partial charge in [0, 0.05) is 0 Å². The van der Waals surface area contributed by atoms with Crippen LogP contribution < -0.4 is 0 Å². The van der Waals surface area contributed by atoms with Crippen LogP contribution in [0.4, 0.5) is 0 Å². The van der Waals surface area contributed by atoms with Crippen LogP contribution in [0.2, 0.25) is 0 Å². The minimum absolute atomic E-state index is 0.858. The van der Waals surface area contributed by atoms with Crippen molar-refractivity contribution in [2.75, 3.05) is 0 Å². The number of rotatable bonds is 0. The topological polar surface area (TPSA) is 0 Å². The van der Waals surface area contributed by atoms with Gasteiger partial charge in [0.25, 0.3) is 0 Å². The third kappa shape index (κ3) is 5.20. The molecule has 5 aliphatic carbocycles. The Morgan fingerprint density at radius 3 is 0.625 bits per heavy atom. The summed E-state index contributed by atoms with van der Waals surface area (Å²) in [4.78, 5) is 0. The fraction of sp³-hybridized carbons (Fsp3) is 0. The van der Waals surface area contributed by atoms with Gasteiger partial charge in [-0.25, -0.2) is 0 Å². The molecule has 0 unspecified atom stereocenters. The number of hydrogen-bond donors (Lipinski definition) is 0. The van der Waals surface area contributed by atoms with E-state index >= 15 is 0 Å². The Balaban J connectivity index is 1.47. The molecule has 32 heavy (non-hydrogen) atoms. The molecule has 0 heteroatoms. The van der Waals surface area contributed by atoms with Gasteiger partial charge in [-0.1, -0.05) is 47.4 Å². The molecule has 0 atom stereocenters. The lowest BCUT2D eigenvalue weighted by Gasteiger charge is -2.19. The van der Waals surface area contributed by atoms with E-state index in [0.717, 1.165) is 46.0 Å². The van der Waals surface area contributed by atoms with E-state index in [0.29, 0.717) is 0 Å². The predicted molar refractivity (Wildman–Crippen MR) is 127 cm³/mol. The van der Waals surface area contributed by atoms with E-state index in [2.05, 4.69) is 47.4 Å². The lowest BCUT2D eigenvalue weighted by molar-refractivity contribution is 1.35. The van der Waals surface area contributed by atoms with E-state index in [9.17, 15) is 0 Å². The first-order chi connectivity index (χ1) is 15.9. The molecule has 0 bridgehead atoms. The van der Waals surface area contributed by atoms with Crippen LogP contribution in [0.15, 0.2) is 22.3 Å². The smallest absolute Gasteiger partial charge is 0.0584 e. The van der Waals surface area contributed by atoms with Gasteiger partial charge in [-0.15, -0.1) is 0 Å². The predicted octanol–water partition coefficient (Wildman–Crippen LogP) is 4.23. The van der Waals surface area contributed by atoms with Crippen LogP contribution >= 0.6 is 0 Å². The van der Waals surface area contributed by atoms with Gasteiger partial charge in [-0.2, -0.15) is 0 Å². The van der Waals surface area contributed by atoms with E-state index in [1.54, 1.807) is 0 Å². The first kappa shape index (κ1) is 21.6. The highest BCUT2D eigenvalue weighted by molar-refractivity contribution is 5.83. The summed E-state index contributed by atoms with van der Waals surface area (Å²) in [5, 5.41) is 0. The maximum atomic E-state index is 3.30. The zero-order valence-corrected chi connectivity index (χ0v) is 17.2. The molecule has 0 aromatic carbocycles. The minimum atomic E-state index is 0.858. The van der Waals surface area contributed by atoms with Crippen LogP contribution in [0.5, 0.6) is 0 Å².